The van der Waals surface area contributed by atoms with Crippen molar-refractivity contribution in [3.05, 3.63) is 35.2 Å². The molecule has 1 aromatic rings. The fourth-order valence-corrected chi connectivity index (χ4v) is 2.04. The van der Waals surface area contributed by atoms with Crippen LogP contribution in [0.2, 0.25) is 0 Å². The molecule has 2 nitrogen and oxygen atoms in total. The van der Waals surface area contributed by atoms with Crippen molar-refractivity contribution in [1.82, 2.24) is 0 Å². The topological polar surface area (TPSA) is 18.5 Å². The quantitative estimate of drug-likeness (QED) is 0.778. The van der Waals surface area contributed by atoms with Gasteiger partial charge in [-0.15, -0.1) is 11.8 Å². The Bertz CT molecular complexity index is 388. The van der Waals surface area contributed by atoms with Gasteiger partial charge in [0.15, 0.2) is 11.5 Å². The molecular formula is C13H16O2S. The standard InChI is InChI=1S/C13H16O2S/c1-10(16-2)4-3-5-11-6-7-12-13(8-11)15-9-14-12/h6-8H,1,3-5,9H2,2H3. The van der Waals surface area contributed by atoms with E-state index in [2.05, 4.69) is 25.0 Å². The molecule has 0 N–H and O–H groups in total. The van der Waals surface area contributed by atoms with Gasteiger partial charge in [-0.2, -0.15) is 0 Å². The van der Waals surface area contributed by atoms with Crippen LogP contribution in [0.5, 0.6) is 11.5 Å². The van der Waals surface area contributed by atoms with Gasteiger partial charge in [-0.3, -0.25) is 0 Å². The van der Waals surface area contributed by atoms with Crippen LogP contribution in [-0.4, -0.2) is 13.0 Å². The van der Waals surface area contributed by atoms with Crippen molar-refractivity contribution in [1.29, 1.82) is 0 Å². The number of hydrogen-bond donors (Lipinski definition) is 0. The van der Waals surface area contributed by atoms with Crippen LogP contribution in [0.4, 0.5) is 0 Å². The molecule has 1 aromatic carbocycles. The summed E-state index contributed by atoms with van der Waals surface area (Å²) in [7, 11) is 0. The number of rotatable bonds is 5. The fourth-order valence-electron chi connectivity index (χ4n) is 1.69. The Morgan fingerprint density at radius 1 is 1.38 bits per heavy atom. The first-order valence-electron chi connectivity index (χ1n) is 5.40. The molecule has 86 valence electrons. The van der Waals surface area contributed by atoms with Crippen molar-refractivity contribution >= 4 is 11.8 Å². The summed E-state index contributed by atoms with van der Waals surface area (Å²) in [5, 5.41) is 0. The van der Waals surface area contributed by atoms with Gasteiger partial charge in [-0.25, -0.2) is 0 Å². The summed E-state index contributed by atoms with van der Waals surface area (Å²) in [6.45, 7) is 4.33. The lowest BCUT2D eigenvalue weighted by atomic mass is 10.1. The molecule has 3 heteroatoms. The first-order chi connectivity index (χ1) is 7.79. The molecule has 0 amide bonds. The summed E-state index contributed by atoms with van der Waals surface area (Å²) in [6, 6.07) is 6.17. The van der Waals surface area contributed by atoms with Crippen LogP contribution in [0.3, 0.4) is 0 Å². The molecule has 2 rings (SSSR count). The van der Waals surface area contributed by atoms with Crippen LogP contribution in [0.15, 0.2) is 29.7 Å². The monoisotopic (exact) mass is 236 g/mol. The number of hydrogen-bond acceptors (Lipinski definition) is 3. The van der Waals surface area contributed by atoms with Crippen molar-refractivity contribution in [2.75, 3.05) is 13.0 Å². The molecule has 0 atom stereocenters. The van der Waals surface area contributed by atoms with Crippen LogP contribution in [-0.2, 0) is 6.42 Å². The summed E-state index contributed by atoms with van der Waals surface area (Å²) >= 11 is 1.74. The van der Waals surface area contributed by atoms with Crippen LogP contribution >= 0.6 is 11.8 Å². The van der Waals surface area contributed by atoms with Crippen molar-refractivity contribution in [2.45, 2.75) is 19.3 Å². The molecule has 16 heavy (non-hydrogen) atoms. The third-order valence-electron chi connectivity index (χ3n) is 2.65. The highest BCUT2D eigenvalue weighted by Crippen LogP contribution is 2.33. The SMILES string of the molecule is C=C(CCCc1ccc2c(c1)OCO2)SC. The lowest BCUT2D eigenvalue weighted by Crippen LogP contribution is -1.93. The first kappa shape index (κ1) is 11.4. The highest BCUT2D eigenvalue weighted by Gasteiger charge is 2.12. The van der Waals surface area contributed by atoms with Crippen LogP contribution in [0.1, 0.15) is 18.4 Å². The lowest BCUT2D eigenvalue weighted by Gasteiger charge is -2.04. The van der Waals surface area contributed by atoms with Crippen molar-refractivity contribution < 1.29 is 9.47 Å². The molecule has 1 aliphatic rings. The van der Waals surface area contributed by atoms with Crippen LogP contribution in [0.25, 0.3) is 0 Å². The van der Waals surface area contributed by atoms with E-state index < -0.39 is 0 Å². The second-order valence-corrected chi connectivity index (χ2v) is 4.77. The molecule has 0 saturated heterocycles. The van der Waals surface area contributed by atoms with Gasteiger partial charge in [-0.1, -0.05) is 12.6 Å². The summed E-state index contributed by atoms with van der Waals surface area (Å²) in [5.41, 5.74) is 1.30. The van der Waals surface area contributed by atoms with E-state index in [-0.39, 0.29) is 0 Å². The minimum absolute atomic E-state index is 0.349. The van der Waals surface area contributed by atoms with Gasteiger partial charge in [0.2, 0.25) is 6.79 Å². The van der Waals surface area contributed by atoms with E-state index in [1.165, 1.54) is 10.5 Å². The molecule has 0 saturated carbocycles. The van der Waals surface area contributed by atoms with Crippen molar-refractivity contribution in [2.24, 2.45) is 0 Å². The maximum absolute atomic E-state index is 5.34. The summed E-state index contributed by atoms with van der Waals surface area (Å²) in [6.07, 6.45) is 5.36. The zero-order valence-electron chi connectivity index (χ0n) is 9.49. The molecule has 0 aromatic heterocycles. The van der Waals surface area contributed by atoms with Crippen LogP contribution < -0.4 is 9.47 Å². The molecule has 0 aliphatic carbocycles. The second kappa shape index (κ2) is 5.30. The Kier molecular flexibility index (Phi) is 3.78. The van der Waals surface area contributed by atoms with Gasteiger partial charge in [0.05, 0.1) is 0 Å². The van der Waals surface area contributed by atoms with Crippen LogP contribution in [0, 0.1) is 0 Å². The third-order valence-corrected chi connectivity index (χ3v) is 3.43. The smallest absolute Gasteiger partial charge is 0.231 e. The number of allylic oxidation sites excluding steroid dienone is 1. The van der Waals surface area contributed by atoms with Gasteiger partial charge in [0.1, 0.15) is 0 Å². The third kappa shape index (κ3) is 2.73. The molecule has 1 heterocycles. The number of benzene rings is 1. The average molecular weight is 236 g/mol. The normalized spacial score (nSPS) is 12.8. The Morgan fingerprint density at radius 2 is 2.19 bits per heavy atom. The Morgan fingerprint density at radius 3 is 3.00 bits per heavy atom. The predicted octanol–water partition coefficient (Wildman–Crippen LogP) is 3.61. The summed E-state index contributed by atoms with van der Waals surface area (Å²) in [4.78, 5) is 1.25. The zero-order valence-corrected chi connectivity index (χ0v) is 10.3. The van der Waals surface area contributed by atoms with Gasteiger partial charge < -0.3 is 9.47 Å². The molecular weight excluding hydrogens is 220 g/mol. The lowest BCUT2D eigenvalue weighted by molar-refractivity contribution is 0.174. The van der Waals surface area contributed by atoms with Crippen molar-refractivity contribution in [3.8, 4) is 11.5 Å². The predicted molar refractivity (Wildman–Crippen MR) is 68.2 cm³/mol. The van der Waals surface area contributed by atoms with Gasteiger partial charge >= 0.3 is 0 Å². The molecule has 0 fully saturated rings. The average Bonchev–Trinajstić information content (AvgIpc) is 2.76. The van der Waals surface area contributed by atoms with E-state index in [0.717, 1.165) is 30.8 Å². The maximum Gasteiger partial charge on any atom is 0.231 e. The fraction of sp³-hybridized carbons (Fsp3) is 0.385. The Labute approximate surface area is 101 Å². The number of ether oxygens (including phenoxy) is 2. The minimum atomic E-state index is 0.349. The summed E-state index contributed by atoms with van der Waals surface area (Å²) < 4.78 is 10.6. The van der Waals surface area contributed by atoms with Gasteiger partial charge in [0, 0.05) is 0 Å². The van der Waals surface area contributed by atoms with E-state index in [1.54, 1.807) is 11.8 Å². The van der Waals surface area contributed by atoms with Gasteiger partial charge in [-0.05, 0) is 48.1 Å². The minimum Gasteiger partial charge on any atom is -0.454 e. The van der Waals surface area contributed by atoms with E-state index in [9.17, 15) is 0 Å². The maximum atomic E-state index is 5.34. The van der Waals surface area contributed by atoms with E-state index in [4.69, 9.17) is 9.47 Å². The number of aryl methyl sites for hydroxylation is 1. The second-order valence-electron chi connectivity index (χ2n) is 3.78. The van der Waals surface area contributed by atoms with E-state index in [0.29, 0.717) is 6.79 Å². The first-order valence-corrected chi connectivity index (χ1v) is 6.62. The Balaban J connectivity index is 1.88. The molecule has 0 bridgehead atoms. The molecule has 0 unspecified atom stereocenters. The molecule has 0 spiro atoms. The number of thioether (sulfide) groups is 1. The van der Waals surface area contributed by atoms with Gasteiger partial charge in [0.25, 0.3) is 0 Å². The van der Waals surface area contributed by atoms with E-state index >= 15 is 0 Å². The van der Waals surface area contributed by atoms with Crippen molar-refractivity contribution in [3.63, 3.8) is 0 Å². The Hall–Kier alpha value is -1.09. The number of fused-ring (bicyclic) bond motifs is 1. The molecule has 0 radical (unpaired) electrons. The highest BCUT2D eigenvalue weighted by atomic mass is 32.2. The van der Waals surface area contributed by atoms with E-state index in [1.807, 2.05) is 6.07 Å². The summed E-state index contributed by atoms with van der Waals surface area (Å²) in [5.74, 6) is 1.73. The zero-order chi connectivity index (χ0) is 11.4. The highest BCUT2D eigenvalue weighted by molar-refractivity contribution is 8.02. The largest absolute Gasteiger partial charge is 0.454 e. The molecule has 1 aliphatic heterocycles.